The third-order valence-electron chi connectivity index (χ3n) is 1.52. The molecule has 0 aliphatic carbocycles. The highest BCUT2D eigenvalue weighted by Crippen LogP contribution is 2.09. The monoisotopic (exact) mass is 176 g/mol. The number of nitrogens with one attached hydrogen (secondary N) is 1. The van der Waals surface area contributed by atoms with Crippen LogP contribution >= 0.6 is 11.5 Å². The molecule has 2 nitrogen and oxygen atoms in total. The smallest absolute Gasteiger partial charge is 0.0477 e. The molecule has 0 fully saturated rings. The van der Waals surface area contributed by atoms with Gasteiger partial charge in [0.15, 0.2) is 0 Å². The lowest BCUT2D eigenvalue weighted by Gasteiger charge is -1.81. The van der Waals surface area contributed by atoms with E-state index in [-0.39, 0.29) is 0 Å². The van der Waals surface area contributed by atoms with Crippen LogP contribution in [0.5, 0.6) is 0 Å². The van der Waals surface area contributed by atoms with E-state index in [1.165, 1.54) is 22.0 Å². The van der Waals surface area contributed by atoms with E-state index in [1.54, 1.807) is 0 Å². The summed E-state index contributed by atoms with van der Waals surface area (Å²) >= 11 is 1.50. The number of hydrogen-bond donors (Lipinski definition) is 1. The second-order valence-electron chi connectivity index (χ2n) is 2.39. The van der Waals surface area contributed by atoms with Crippen LogP contribution in [0, 0.1) is 0 Å². The molecule has 0 spiro atoms. The predicted octanol–water partition coefficient (Wildman–Crippen LogP) is 2.64. The van der Waals surface area contributed by atoms with Gasteiger partial charge in [-0.15, -0.1) is 0 Å². The average Bonchev–Trinajstić information content (AvgIpc) is 2.74. The lowest BCUT2D eigenvalue weighted by molar-refractivity contribution is 1.41. The van der Waals surface area contributed by atoms with Gasteiger partial charge in [0.25, 0.3) is 0 Å². The van der Waals surface area contributed by atoms with Crippen LogP contribution in [0.3, 0.4) is 0 Å². The summed E-state index contributed by atoms with van der Waals surface area (Å²) in [6.07, 6.45) is 9.79. The quantitative estimate of drug-likeness (QED) is 0.748. The maximum atomic E-state index is 4.00. The zero-order valence-corrected chi connectivity index (χ0v) is 7.21. The van der Waals surface area contributed by atoms with Crippen molar-refractivity contribution in [1.82, 2.24) is 9.36 Å². The van der Waals surface area contributed by atoms with Crippen molar-refractivity contribution in [3.8, 4) is 0 Å². The SMILES string of the molecule is C(=Cc1ccns1)c1cc[nH]c1. The minimum absolute atomic E-state index is 1.18. The first kappa shape index (κ1) is 7.31. The molecule has 0 radical (unpaired) electrons. The average molecular weight is 176 g/mol. The van der Waals surface area contributed by atoms with E-state index in [0.717, 1.165) is 0 Å². The fraction of sp³-hybridized carbons (Fsp3) is 0. The van der Waals surface area contributed by atoms with Gasteiger partial charge >= 0.3 is 0 Å². The first-order valence-corrected chi connectivity index (χ1v) is 4.44. The first-order valence-electron chi connectivity index (χ1n) is 3.67. The molecule has 0 aliphatic rings. The van der Waals surface area contributed by atoms with Crippen molar-refractivity contribution in [2.75, 3.05) is 0 Å². The fourth-order valence-electron chi connectivity index (χ4n) is 0.930. The Morgan fingerprint density at radius 1 is 1.33 bits per heavy atom. The Balaban J connectivity index is 2.14. The minimum Gasteiger partial charge on any atom is -0.367 e. The number of aromatic nitrogens is 2. The summed E-state index contributed by atoms with van der Waals surface area (Å²) in [5, 5.41) is 0. The van der Waals surface area contributed by atoms with Crippen LogP contribution in [0.15, 0.2) is 30.7 Å². The van der Waals surface area contributed by atoms with Gasteiger partial charge in [0.2, 0.25) is 0 Å². The van der Waals surface area contributed by atoms with Crippen molar-refractivity contribution in [1.29, 1.82) is 0 Å². The van der Waals surface area contributed by atoms with Crippen molar-refractivity contribution in [3.05, 3.63) is 41.2 Å². The summed E-state index contributed by atoms with van der Waals surface area (Å²) in [7, 11) is 0. The van der Waals surface area contributed by atoms with Crippen LogP contribution < -0.4 is 0 Å². The second-order valence-corrected chi connectivity index (χ2v) is 3.26. The lowest BCUT2D eigenvalue weighted by Crippen LogP contribution is -1.60. The molecule has 60 valence electrons. The molecule has 0 atom stereocenters. The summed E-state index contributed by atoms with van der Waals surface area (Å²) in [5.74, 6) is 0. The number of rotatable bonds is 2. The zero-order valence-electron chi connectivity index (χ0n) is 6.40. The van der Waals surface area contributed by atoms with Gasteiger partial charge in [0.05, 0.1) is 0 Å². The molecule has 12 heavy (non-hydrogen) atoms. The summed E-state index contributed by atoms with van der Waals surface area (Å²) < 4.78 is 4.00. The van der Waals surface area contributed by atoms with Crippen LogP contribution in [0.25, 0.3) is 12.2 Å². The normalized spacial score (nSPS) is 11.0. The van der Waals surface area contributed by atoms with Gasteiger partial charge in [-0.2, -0.15) is 0 Å². The highest BCUT2D eigenvalue weighted by atomic mass is 32.1. The summed E-state index contributed by atoms with van der Waals surface area (Å²) in [6.45, 7) is 0. The Morgan fingerprint density at radius 3 is 3.00 bits per heavy atom. The van der Waals surface area contributed by atoms with E-state index in [9.17, 15) is 0 Å². The van der Waals surface area contributed by atoms with E-state index in [0.29, 0.717) is 0 Å². The molecule has 2 rings (SSSR count). The van der Waals surface area contributed by atoms with Crippen molar-refractivity contribution >= 4 is 23.7 Å². The molecular formula is C9H8N2S. The summed E-state index contributed by atoms with van der Waals surface area (Å²) in [4.78, 5) is 4.17. The van der Waals surface area contributed by atoms with Gasteiger partial charge < -0.3 is 4.98 Å². The maximum absolute atomic E-state index is 4.00. The zero-order chi connectivity index (χ0) is 8.23. The number of nitrogens with zero attached hydrogens (tertiary/aromatic N) is 1. The van der Waals surface area contributed by atoms with Gasteiger partial charge in [0.1, 0.15) is 0 Å². The Morgan fingerprint density at radius 2 is 2.33 bits per heavy atom. The van der Waals surface area contributed by atoms with Crippen molar-refractivity contribution in [2.45, 2.75) is 0 Å². The van der Waals surface area contributed by atoms with Crippen LogP contribution in [0.2, 0.25) is 0 Å². The van der Waals surface area contributed by atoms with E-state index in [1.807, 2.05) is 30.7 Å². The molecule has 0 amide bonds. The van der Waals surface area contributed by atoms with Gasteiger partial charge in [0, 0.05) is 23.5 Å². The van der Waals surface area contributed by atoms with Crippen molar-refractivity contribution in [2.24, 2.45) is 0 Å². The van der Waals surface area contributed by atoms with Crippen molar-refractivity contribution < 1.29 is 0 Å². The van der Waals surface area contributed by atoms with E-state index in [4.69, 9.17) is 0 Å². The first-order chi connectivity index (χ1) is 5.95. The molecule has 3 heteroatoms. The van der Waals surface area contributed by atoms with Crippen LogP contribution in [-0.4, -0.2) is 9.36 Å². The molecule has 2 aromatic rings. The van der Waals surface area contributed by atoms with Gasteiger partial charge in [-0.3, -0.25) is 0 Å². The van der Waals surface area contributed by atoms with E-state index in [2.05, 4.69) is 21.5 Å². The van der Waals surface area contributed by atoms with Crippen molar-refractivity contribution in [3.63, 3.8) is 0 Å². The molecule has 0 unspecified atom stereocenters. The number of hydrogen-bond acceptors (Lipinski definition) is 2. The topological polar surface area (TPSA) is 28.7 Å². The third-order valence-corrected chi connectivity index (χ3v) is 2.23. The maximum Gasteiger partial charge on any atom is 0.0477 e. The van der Waals surface area contributed by atoms with Crippen LogP contribution in [0.1, 0.15) is 10.4 Å². The molecule has 2 heterocycles. The molecular weight excluding hydrogens is 168 g/mol. The standard InChI is InChI=1S/C9H8N2S/c1(8-3-5-10-7-8)2-9-4-6-11-12-9/h1-7,10H. The van der Waals surface area contributed by atoms with E-state index >= 15 is 0 Å². The highest BCUT2D eigenvalue weighted by Gasteiger charge is 1.87. The van der Waals surface area contributed by atoms with E-state index < -0.39 is 0 Å². The number of H-pyrrole nitrogens is 1. The lowest BCUT2D eigenvalue weighted by atomic mass is 10.3. The Labute approximate surface area is 74.7 Å². The largest absolute Gasteiger partial charge is 0.367 e. The number of aromatic amines is 1. The third kappa shape index (κ3) is 1.62. The fourth-order valence-corrected chi connectivity index (χ4v) is 1.42. The molecule has 1 N–H and O–H groups in total. The van der Waals surface area contributed by atoms with Crippen LogP contribution in [-0.2, 0) is 0 Å². The molecule has 0 bridgehead atoms. The van der Waals surface area contributed by atoms with Gasteiger partial charge in [-0.05, 0) is 35.3 Å². The highest BCUT2D eigenvalue weighted by molar-refractivity contribution is 7.06. The van der Waals surface area contributed by atoms with Gasteiger partial charge in [-0.25, -0.2) is 4.37 Å². The second kappa shape index (κ2) is 3.36. The Hall–Kier alpha value is -1.35. The van der Waals surface area contributed by atoms with Gasteiger partial charge in [-0.1, -0.05) is 6.08 Å². The summed E-state index contributed by atoms with van der Waals surface area (Å²) in [6, 6.07) is 4.02. The Bertz CT molecular complexity index is 310. The van der Waals surface area contributed by atoms with Crippen LogP contribution in [0.4, 0.5) is 0 Å². The molecule has 0 saturated heterocycles. The Kier molecular flexibility index (Phi) is 2.05. The predicted molar refractivity (Wildman–Crippen MR) is 51.8 cm³/mol. The molecule has 0 aromatic carbocycles. The minimum atomic E-state index is 1.18. The molecule has 0 saturated carbocycles. The summed E-state index contributed by atoms with van der Waals surface area (Å²) in [5.41, 5.74) is 1.18. The molecule has 2 aromatic heterocycles. The molecule has 0 aliphatic heterocycles.